The van der Waals surface area contributed by atoms with Crippen LogP contribution in [0.3, 0.4) is 0 Å². The van der Waals surface area contributed by atoms with E-state index in [1.54, 1.807) is 33.9 Å². The number of likely N-dealkylation sites (tertiary alicyclic amines) is 1. The van der Waals surface area contributed by atoms with Crippen LogP contribution in [0.5, 0.6) is 5.88 Å². The lowest BCUT2D eigenvalue weighted by molar-refractivity contribution is -0.138. The molecular weight excluding hydrogens is 471 g/mol. The standard InChI is InChI=1S/C26H30F3N5O2/c1-14-19(7-6-8-22(14)26(27,28)29)15(2)30-23-21-13-20(18-9-11-34(12-10-18)17(4)35)25(36-5)33-24(21)32-16(3)31-23/h6-8,13,15,18H,9-12H2,1-5H3,(H,30,31,32,33)/t15-/m1/s1. The molecule has 0 unspecified atom stereocenters. The molecule has 0 saturated carbocycles. The first-order chi connectivity index (χ1) is 17.0. The molecule has 1 aliphatic heterocycles. The van der Waals surface area contributed by atoms with Gasteiger partial charge in [0.15, 0.2) is 5.65 Å². The Labute approximate surface area is 208 Å². The number of aromatic nitrogens is 3. The zero-order chi connectivity index (χ0) is 26.2. The molecule has 7 nitrogen and oxygen atoms in total. The number of alkyl halides is 3. The summed E-state index contributed by atoms with van der Waals surface area (Å²) in [6.45, 7) is 7.91. The number of hydrogen-bond acceptors (Lipinski definition) is 6. The van der Waals surface area contributed by atoms with Crippen LogP contribution >= 0.6 is 0 Å². The fourth-order valence-corrected chi connectivity index (χ4v) is 4.95. The number of amides is 1. The second kappa shape index (κ2) is 9.91. The lowest BCUT2D eigenvalue weighted by atomic mass is 9.89. The van der Waals surface area contributed by atoms with E-state index in [0.29, 0.717) is 47.2 Å². The number of benzene rings is 1. The summed E-state index contributed by atoms with van der Waals surface area (Å²) in [5.74, 6) is 1.67. The predicted molar refractivity (Wildman–Crippen MR) is 131 cm³/mol. The summed E-state index contributed by atoms with van der Waals surface area (Å²) in [5.41, 5.74) is 1.42. The van der Waals surface area contributed by atoms with Gasteiger partial charge in [0, 0.05) is 25.6 Å². The Morgan fingerprint density at radius 1 is 1.17 bits per heavy atom. The van der Waals surface area contributed by atoms with E-state index in [9.17, 15) is 18.0 Å². The molecule has 1 atom stereocenters. The molecule has 1 saturated heterocycles. The Morgan fingerprint density at radius 3 is 2.47 bits per heavy atom. The number of anilines is 1. The van der Waals surface area contributed by atoms with Gasteiger partial charge in [0.1, 0.15) is 11.6 Å². The van der Waals surface area contributed by atoms with Crippen molar-refractivity contribution in [3.63, 3.8) is 0 Å². The largest absolute Gasteiger partial charge is 0.481 e. The number of pyridine rings is 1. The number of hydrogen-bond donors (Lipinski definition) is 1. The van der Waals surface area contributed by atoms with Crippen LogP contribution < -0.4 is 10.1 Å². The first-order valence-electron chi connectivity index (χ1n) is 11.9. The number of methoxy groups -OCH3 is 1. The number of carbonyl (C=O) groups excluding carboxylic acids is 1. The topological polar surface area (TPSA) is 80.2 Å². The Bertz CT molecular complexity index is 1290. The van der Waals surface area contributed by atoms with Crippen molar-refractivity contribution in [1.82, 2.24) is 19.9 Å². The van der Waals surface area contributed by atoms with Crippen molar-refractivity contribution in [2.24, 2.45) is 0 Å². The molecule has 1 aliphatic rings. The molecule has 2 aromatic heterocycles. The average Bonchev–Trinajstić information content (AvgIpc) is 2.82. The average molecular weight is 502 g/mol. The second-order valence-electron chi connectivity index (χ2n) is 9.24. The molecule has 1 aromatic carbocycles. The fourth-order valence-electron chi connectivity index (χ4n) is 4.95. The lowest BCUT2D eigenvalue weighted by Gasteiger charge is -2.32. The number of rotatable bonds is 5. The first-order valence-corrected chi connectivity index (χ1v) is 11.9. The van der Waals surface area contributed by atoms with Gasteiger partial charge in [-0.1, -0.05) is 12.1 Å². The van der Waals surface area contributed by atoms with E-state index >= 15 is 0 Å². The molecule has 0 aliphatic carbocycles. The van der Waals surface area contributed by atoms with Gasteiger partial charge in [-0.2, -0.15) is 18.2 Å². The van der Waals surface area contributed by atoms with Crippen molar-refractivity contribution >= 4 is 22.8 Å². The van der Waals surface area contributed by atoms with Gasteiger partial charge in [0.2, 0.25) is 11.8 Å². The van der Waals surface area contributed by atoms with E-state index in [0.717, 1.165) is 24.5 Å². The summed E-state index contributed by atoms with van der Waals surface area (Å²) in [7, 11) is 1.56. The van der Waals surface area contributed by atoms with E-state index in [1.807, 2.05) is 11.0 Å². The first kappa shape index (κ1) is 25.7. The minimum absolute atomic E-state index is 0.0614. The number of carbonyl (C=O) groups is 1. The summed E-state index contributed by atoms with van der Waals surface area (Å²) in [6, 6.07) is 5.71. The minimum Gasteiger partial charge on any atom is -0.481 e. The third-order valence-electron chi connectivity index (χ3n) is 6.87. The number of fused-ring (bicyclic) bond motifs is 1. The molecule has 0 bridgehead atoms. The minimum atomic E-state index is -4.43. The predicted octanol–water partition coefficient (Wildman–Crippen LogP) is 5.57. The second-order valence-corrected chi connectivity index (χ2v) is 9.24. The van der Waals surface area contributed by atoms with Gasteiger partial charge >= 0.3 is 6.18 Å². The third kappa shape index (κ3) is 5.08. The van der Waals surface area contributed by atoms with Crippen LogP contribution in [0.1, 0.15) is 66.7 Å². The van der Waals surface area contributed by atoms with Crippen molar-refractivity contribution in [3.05, 3.63) is 52.3 Å². The molecule has 4 rings (SSSR count). The molecule has 1 fully saturated rings. The molecule has 0 spiro atoms. The van der Waals surface area contributed by atoms with Crippen LogP contribution in [-0.2, 0) is 11.0 Å². The summed E-state index contributed by atoms with van der Waals surface area (Å²) in [6.07, 6.45) is -2.87. The summed E-state index contributed by atoms with van der Waals surface area (Å²) < 4.78 is 46.0. The molecule has 0 radical (unpaired) electrons. The number of nitrogens with one attached hydrogen (secondary N) is 1. The van der Waals surface area contributed by atoms with E-state index in [1.165, 1.54) is 13.0 Å². The third-order valence-corrected chi connectivity index (χ3v) is 6.87. The Kier molecular flexibility index (Phi) is 7.06. The molecule has 1 N–H and O–H groups in total. The normalized spacial score (nSPS) is 15.7. The van der Waals surface area contributed by atoms with Crippen LogP contribution in [-0.4, -0.2) is 46.0 Å². The zero-order valence-electron chi connectivity index (χ0n) is 21.0. The van der Waals surface area contributed by atoms with Crippen LogP contribution in [0.4, 0.5) is 19.0 Å². The Balaban J connectivity index is 1.72. The summed E-state index contributed by atoms with van der Waals surface area (Å²) in [4.78, 5) is 27.2. The molecule has 192 valence electrons. The maximum Gasteiger partial charge on any atom is 0.416 e. The van der Waals surface area contributed by atoms with Gasteiger partial charge in [-0.15, -0.1) is 0 Å². The maximum absolute atomic E-state index is 13.5. The highest BCUT2D eigenvalue weighted by molar-refractivity contribution is 5.88. The zero-order valence-corrected chi connectivity index (χ0v) is 21.0. The number of aryl methyl sites for hydroxylation is 1. The smallest absolute Gasteiger partial charge is 0.416 e. The summed E-state index contributed by atoms with van der Waals surface area (Å²) >= 11 is 0. The van der Waals surface area contributed by atoms with Gasteiger partial charge in [-0.25, -0.2) is 9.97 Å². The molecule has 10 heteroatoms. The van der Waals surface area contributed by atoms with Crippen molar-refractivity contribution < 1.29 is 22.7 Å². The van der Waals surface area contributed by atoms with Gasteiger partial charge in [-0.05, 0) is 62.8 Å². The molecule has 36 heavy (non-hydrogen) atoms. The molecular formula is C26H30F3N5O2. The van der Waals surface area contributed by atoms with E-state index in [2.05, 4.69) is 20.3 Å². The molecule has 3 aromatic rings. The van der Waals surface area contributed by atoms with Crippen LogP contribution in [0.25, 0.3) is 11.0 Å². The van der Waals surface area contributed by atoms with Crippen LogP contribution in [0.15, 0.2) is 24.3 Å². The molecule has 1 amide bonds. The highest BCUT2D eigenvalue weighted by atomic mass is 19.4. The van der Waals surface area contributed by atoms with Gasteiger partial charge in [0.05, 0.1) is 24.1 Å². The molecule has 3 heterocycles. The van der Waals surface area contributed by atoms with Crippen molar-refractivity contribution in [2.75, 3.05) is 25.5 Å². The number of nitrogens with zero attached hydrogens (tertiary/aromatic N) is 4. The highest BCUT2D eigenvalue weighted by Crippen LogP contribution is 2.38. The maximum atomic E-state index is 13.5. The number of halogens is 3. The van der Waals surface area contributed by atoms with E-state index in [-0.39, 0.29) is 17.4 Å². The van der Waals surface area contributed by atoms with Crippen molar-refractivity contribution in [1.29, 1.82) is 0 Å². The Morgan fingerprint density at radius 2 is 1.86 bits per heavy atom. The van der Waals surface area contributed by atoms with Gasteiger partial charge in [0.25, 0.3) is 0 Å². The van der Waals surface area contributed by atoms with Crippen molar-refractivity contribution in [2.45, 2.75) is 58.7 Å². The number of ether oxygens (including phenoxy) is 1. The monoisotopic (exact) mass is 501 g/mol. The van der Waals surface area contributed by atoms with Crippen molar-refractivity contribution in [3.8, 4) is 5.88 Å². The highest BCUT2D eigenvalue weighted by Gasteiger charge is 2.33. The van der Waals surface area contributed by atoms with E-state index < -0.39 is 17.8 Å². The Hall–Kier alpha value is -3.43. The van der Waals surface area contributed by atoms with Gasteiger partial charge in [-0.3, -0.25) is 4.79 Å². The SMILES string of the molecule is COc1nc2nc(C)nc(N[C@H](C)c3cccc(C(F)(F)F)c3C)c2cc1C1CCN(C(C)=O)CC1. The lowest BCUT2D eigenvalue weighted by Crippen LogP contribution is -2.36. The van der Waals surface area contributed by atoms with Crippen LogP contribution in [0.2, 0.25) is 0 Å². The van der Waals surface area contributed by atoms with Crippen LogP contribution in [0, 0.1) is 13.8 Å². The van der Waals surface area contributed by atoms with E-state index in [4.69, 9.17) is 4.74 Å². The fraction of sp³-hybridized carbons (Fsp3) is 0.462. The quantitative estimate of drug-likeness (QED) is 0.493. The summed E-state index contributed by atoms with van der Waals surface area (Å²) in [5, 5.41) is 3.97. The van der Waals surface area contributed by atoms with Gasteiger partial charge < -0.3 is 15.0 Å². The number of piperidine rings is 1.